The molecule has 21 heavy (non-hydrogen) atoms. The lowest BCUT2D eigenvalue weighted by Gasteiger charge is -2.11. The normalized spacial score (nSPS) is 16.5. The summed E-state index contributed by atoms with van der Waals surface area (Å²) in [6.45, 7) is 2.50. The molecule has 2 rings (SSSR count). The van der Waals surface area contributed by atoms with Gasteiger partial charge in [-0.3, -0.25) is 4.79 Å². The summed E-state index contributed by atoms with van der Waals surface area (Å²) in [6.07, 6.45) is 1.61. The number of halogens is 1. The SMILES string of the molecule is CCOc1c(I)cc(C=NN=C2NC(=O)CS2)cc1OC. The van der Waals surface area contributed by atoms with Gasteiger partial charge in [0.25, 0.3) is 0 Å². The molecule has 0 saturated carbocycles. The van der Waals surface area contributed by atoms with Gasteiger partial charge in [0.05, 0.1) is 29.3 Å². The second kappa shape index (κ2) is 7.64. The van der Waals surface area contributed by atoms with Gasteiger partial charge in [0.15, 0.2) is 16.7 Å². The maximum Gasteiger partial charge on any atom is 0.236 e. The number of thioether (sulfide) groups is 1. The van der Waals surface area contributed by atoms with E-state index in [1.54, 1.807) is 13.3 Å². The standard InChI is InChI=1S/C13H14IN3O3S/c1-3-20-12-9(14)4-8(5-10(12)19-2)6-15-17-13-16-11(18)7-21-13/h4-6H,3,7H2,1-2H3,(H,16,17,18). The van der Waals surface area contributed by atoms with E-state index in [9.17, 15) is 4.79 Å². The minimum absolute atomic E-state index is 0.0498. The lowest BCUT2D eigenvalue weighted by Crippen LogP contribution is -2.19. The van der Waals surface area contributed by atoms with Crippen molar-refractivity contribution in [2.45, 2.75) is 6.92 Å². The summed E-state index contributed by atoms with van der Waals surface area (Å²) in [6, 6.07) is 3.76. The predicted octanol–water partition coefficient (Wildman–Crippen LogP) is 2.25. The number of carbonyl (C=O) groups excluding carboxylic acids is 1. The first kappa shape index (κ1) is 16.1. The maximum absolute atomic E-state index is 11.0. The summed E-state index contributed by atoms with van der Waals surface area (Å²) in [5.41, 5.74) is 0.846. The molecule has 1 aliphatic rings. The molecular formula is C13H14IN3O3S. The lowest BCUT2D eigenvalue weighted by atomic mass is 10.2. The maximum atomic E-state index is 11.0. The summed E-state index contributed by atoms with van der Waals surface area (Å²) >= 11 is 3.52. The van der Waals surface area contributed by atoms with Crippen molar-refractivity contribution in [1.82, 2.24) is 5.32 Å². The Kier molecular flexibility index (Phi) is 5.85. The average molecular weight is 419 g/mol. The van der Waals surface area contributed by atoms with Crippen molar-refractivity contribution >= 4 is 51.6 Å². The molecule has 0 aliphatic carbocycles. The minimum Gasteiger partial charge on any atom is -0.493 e. The highest BCUT2D eigenvalue weighted by atomic mass is 127. The highest BCUT2D eigenvalue weighted by Crippen LogP contribution is 2.33. The molecule has 0 bridgehead atoms. The number of carbonyl (C=O) groups is 1. The molecule has 0 aromatic heterocycles. The summed E-state index contributed by atoms with van der Waals surface area (Å²) in [7, 11) is 1.60. The summed E-state index contributed by atoms with van der Waals surface area (Å²) < 4.78 is 11.8. The zero-order valence-electron chi connectivity index (χ0n) is 11.6. The topological polar surface area (TPSA) is 72.3 Å². The number of amidine groups is 1. The predicted molar refractivity (Wildman–Crippen MR) is 92.5 cm³/mol. The number of ether oxygens (including phenoxy) is 2. The minimum atomic E-state index is -0.0498. The molecule has 1 N–H and O–H groups in total. The van der Waals surface area contributed by atoms with Gasteiger partial charge in [-0.2, -0.15) is 5.10 Å². The van der Waals surface area contributed by atoms with Crippen molar-refractivity contribution in [3.05, 3.63) is 21.3 Å². The fraction of sp³-hybridized carbons (Fsp3) is 0.308. The molecule has 1 aromatic carbocycles. The van der Waals surface area contributed by atoms with Crippen molar-refractivity contribution < 1.29 is 14.3 Å². The van der Waals surface area contributed by atoms with Gasteiger partial charge in [0.2, 0.25) is 5.91 Å². The first-order valence-corrected chi connectivity index (χ1v) is 8.24. The summed E-state index contributed by atoms with van der Waals surface area (Å²) in [5, 5.41) is 11.1. The Morgan fingerprint density at radius 2 is 2.33 bits per heavy atom. The highest BCUT2D eigenvalue weighted by molar-refractivity contribution is 14.1. The zero-order valence-corrected chi connectivity index (χ0v) is 14.5. The van der Waals surface area contributed by atoms with Gasteiger partial charge in [0, 0.05) is 0 Å². The van der Waals surface area contributed by atoms with Crippen LogP contribution in [0, 0.1) is 3.57 Å². The fourth-order valence-electron chi connectivity index (χ4n) is 1.63. The third kappa shape index (κ3) is 4.34. The molecule has 0 spiro atoms. The Bertz CT molecular complexity index is 605. The second-order valence-corrected chi connectivity index (χ2v) is 6.08. The number of amides is 1. The summed E-state index contributed by atoms with van der Waals surface area (Å²) in [5.74, 6) is 1.72. The van der Waals surface area contributed by atoms with Crippen LogP contribution in [0.2, 0.25) is 0 Å². The van der Waals surface area contributed by atoms with E-state index in [0.717, 1.165) is 14.9 Å². The second-order valence-electron chi connectivity index (χ2n) is 3.95. The van der Waals surface area contributed by atoms with E-state index in [0.29, 0.717) is 23.3 Å². The van der Waals surface area contributed by atoms with Crippen LogP contribution >= 0.6 is 34.4 Å². The molecule has 8 heteroatoms. The molecule has 1 aromatic rings. The highest BCUT2D eigenvalue weighted by Gasteiger charge is 2.16. The molecular weight excluding hydrogens is 405 g/mol. The number of nitrogens with one attached hydrogen (secondary N) is 1. The molecule has 6 nitrogen and oxygen atoms in total. The number of nitrogens with zero attached hydrogens (tertiary/aromatic N) is 2. The first-order chi connectivity index (χ1) is 10.1. The van der Waals surface area contributed by atoms with Gasteiger partial charge in [-0.1, -0.05) is 11.8 Å². The van der Waals surface area contributed by atoms with E-state index in [2.05, 4.69) is 38.1 Å². The molecule has 1 fully saturated rings. The zero-order chi connectivity index (χ0) is 15.2. The van der Waals surface area contributed by atoms with E-state index in [1.807, 2.05) is 19.1 Å². The number of benzene rings is 1. The third-order valence-electron chi connectivity index (χ3n) is 2.48. The van der Waals surface area contributed by atoms with Gasteiger partial charge < -0.3 is 14.8 Å². The van der Waals surface area contributed by atoms with Crippen LogP contribution in [0.1, 0.15) is 12.5 Å². The van der Waals surface area contributed by atoms with Gasteiger partial charge in [0.1, 0.15) is 0 Å². The molecule has 0 atom stereocenters. The van der Waals surface area contributed by atoms with E-state index >= 15 is 0 Å². The Labute approximate surface area is 140 Å². The Morgan fingerprint density at radius 3 is 2.95 bits per heavy atom. The fourth-order valence-corrected chi connectivity index (χ4v) is 3.04. The Hall–Kier alpha value is -1.29. The largest absolute Gasteiger partial charge is 0.493 e. The van der Waals surface area contributed by atoms with Gasteiger partial charge in [-0.05, 0) is 47.2 Å². The molecule has 0 unspecified atom stereocenters. The van der Waals surface area contributed by atoms with E-state index in [1.165, 1.54) is 11.8 Å². The van der Waals surface area contributed by atoms with Crippen molar-refractivity contribution in [3.8, 4) is 11.5 Å². The first-order valence-electron chi connectivity index (χ1n) is 6.18. The Morgan fingerprint density at radius 1 is 1.52 bits per heavy atom. The van der Waals surface area contributed by atoms with Crippen LogP contribution in [0.15, 0.2) is 22.3 Å². The molecule has 112 valence electrons. The van der Waals surface area contributed by atoms with Gasteiger partial charge >= 0.3 is 0 Å². The third-order valence-corrected chi connectivity index (χ3v) is 4.15. The monoisotopic (exact) mass is 419 g/mol. The molecule has 1 heterocycles. The molecule has 1 saturated heterocycles. The van der Waals surface area contributed by atoms with Crippen LogP contribution in [-0.2, 0) is 4.79 Å². The smallest absolute Gasteiger partial charge is 0.236 e. The van der Waals surface area contributed by atoms with Crippen molar-refractivity contribution in [2.75, 3.05) is 19.5 Å². The number of methoxy groups -OCH3 is 1. The number of rotatable bonds is 5. The van der Waals surface area contributed by atoms with E-state index in [-0.39, 0.29) is 5.91 Å². The van der Waals surface area contributed by atoms with Crippen molar-refractivity contribution in [2.24, 2.45) is 10.2 Å². The van der Waals surface area contributed by atoms with E-state index in [4.69, 9.17) is 9.47 Å². The quantitative estimate of drug-likeness (QED) is 0.452. The van der Waals surface area contributed by atoms with Crippen LogP contribution in [0.25, 0.3) is 0 Å². The average Bonchev–Trinajstić information content (AvgIpc) is 2.87. The van der Waals surface area contributed by atoms with Crippen LogP contribution in [0.3, 0.4) is 0 Å². The van der Waals surface area contributed by atoms with Crippen molar-refractivity contribution in [3.63, 3.8) is 0 Å². The number of hydrogen-bond donors (Lipinski definition) is 1. The summed E-state index contributed by atoms with van der Waals surface area (Å²) in [4.78, 5) is 11.0. The Balaban J connectivity index is 2.17. The molecule has 1 aliphatic heterocycles. The number of hydrogen-bond acceptors (Lipinski definition) is 6. The molecule has 0 radical (unpaired) electrons. The van der Waals surface area contributed by atoms with Crippen LogP contribution in [0.5, 0.6) is 11.5 Å². The lowest BCUT2D eigenvalue weighted by molar-refractivity contribution is -0.116. The van der Waals surface area contributed by atoms with Crippen LogP contribution in [-0.4, -0.2) is 36.8 Å². The molecule has 1 amide bonds. The van der Waals surface area contributed by atoms with Gasteiger partial charge in [-0.25, -0.2) is 0 Å². The van der Waals surface area contributed by atoms with Crippen molar-refractivity contribution in [1.29, 1.82) is 0 Å². The van der Waals surface area contributed by atoms with Crippen LogP contribution < -0.4 is 14.8 Å². The van der Waals surface area contributed by atoms with E-state index < -0.39 is 0 Å². The van der Waals surface area contributed by atoms with Gasteiger partial charge in [-0.15, -0.1) is 5.10 Å². The van der Waals surface area contributed by atoms with Crippen LogP contribution in [0.4, 0.5) is 0 Å².